The lowest BCUT2D eigenvalue weighted by molar-refractivity contribution is -0.137. The number of carbonyl (C=O) groups is 2. The van der Waals surface area contributed by atoms with Gasteiger partial charge < -0.3 is 10.4 Å². The Morgan fingerprint density at radius 1 is 1.32 bits per heavy atom. The normalized spacial score (nSPS) is 11.9. The molecule has 0 aliphatic rings. The molecule has 0 saturated heterocycles. The summed E-state index contributed by atoms with van der Waals surface area (Å²) >= 11 is 0. The molecular weight excluding hydrogens is 282 g/mol. The van der Waals surface area contributed by atoms with E-state index in [1.807, 2.05) is 30.3 Å². The van der Waals surface area contributed by atoms with Gasteiger partial charge in [-0.05, 0) is 18.9 Å². The minimum Gasteiger partial charge on any atom is -0.481 e. The molecule has 0 saturated carbocycles. The molecule has 1 aromatic carbocycles. The lowest BCUT2D eigenvalue weighted by atomic mass is 10.2. The molecule has 0 spiro atoms. The van der Waals surface area contributed by atoms with Gasteiger partial charge in [0.05, 0.1) is 18.3 Å². The molecule has 6 nitrogen and oxygen atoms in total. The van der Waals surface area contributed by atoms with Gasteiger partial charge in [0.2, 0.25) is 0 Å². The molecule has 0 radical (unpaired) electrons. The zero-order valence-electron chi connectivity index (χ0n) is 12.4. The Morgan fingerprint density at radius 2 is 2.05 bits per heavy atom. The zero-order chi connectivity index (χ0) is 15.9. The highest BCUT2D eigenvalue weighted by Crippen LogP contribution is 2.05. The number of carboxylic acids is 1. The van der Waals surface area contributed by atoms with Gasteiger partial charge in [-0.2, -0.15) is 5.10 Å². The SMILES string of the molecule is C[C@@H](CCC(=O)O)NC(=O)c1cnn(Cc2ccccc2)c1. The van der Waals surface area contributed by atoms with Crippen LogP contribution in [-0.2, 0) is 11.3 Å². The number of hydrogen-bond acceptors (Lipinski definition) is 3. The van der Waals surface area contributed by atoms with E-state index in [0.717, 1.165) is 5.56 Å². The van der Waals surface area contributed by atoms with E-state index in [2.05, 4.69) is 10.4 Å². The van der Waals surface area contributed by atoms with Gasteiger partial charge in [-0.25, -0.2) is 0 Å². The van der Waals surface area contributed by atoms with Crippen molar-refractivity contribution in [3.8, 4) is 0 Å². The van der Waals surface area contributed by atoms with E-state index < -0.39 is 5.97 Å². The van der Waals surface area contributed by atoms with E-state index in [1.165, 1.54) is 6.20 Å². The smallest absolute Gasteiger partial charge is 0.303 e. The summed E-state index contributed by atoms with van der Waals surface area (Å²) in [5.41, 5.74) is 1.57. The van der Waals surface area contributed by atoms with Crippen LogP contribution < -0.4 is 5.32 Å². The average Bonchev–Trinajstić information content (AvgIpc) is 2.95. The molecule has 0 unspecified atom stereocenters. The maximum atomic E-state index is 12.1. The van der Waals surface area contributed by atoms with Crippen molar-refractivity contribution in [2.75, 3.05) is 0 Å². The summed E-state index contributed by atoms with van der Waals surface area (Å²) in [7, 11) is 0. The van der Waals surface area contributed by atoms with Gasteiger partial charge in [0.25, 0.3) is 5.91 Å². The van der Waals surface area contributed by atoms with Gasteiger partial charge in [-0.1, -0.05) is 30.3 Å². The summed E-state index contributed by atoms with van der Waals surface area (Å²) in [4.78, 5) is 22.6. The second kappa shape index (κ2) is 7.40. The Labute approximate surface area is 128 Å². The number of nitrogens with one attached hydrogen (secondary N) is 1. The highest BCUT2D eigenvalue weighted by Gasteiger charge is 2.13. The van der Waals surface area contributed by atoms with Gasteiger partial charge in [0.1, 0.15) is 0 Å². The van der Waals surface area contributed by atoms with E-state index in [-0.39, 0.29) is 18.4 Å². The van der Waals surface area contributed by atoms with Crippen LogP contribution >= 0.6 is 0 Å². The average molecular weight is 301 g/mol. The number of aliphatic carboxylic acids is 1. The summed E-state index contributed by atoms with van der Waals surface area (Å²) < 4.78 is 1.70. The number of nitrogens with zero attached hydrogens (tertiary/aromatic N) is 2. The Morgan fingerprint density at radius 3 is 2.73 bits per heavy atom. The van der Waals surface area contributed by atoms with Crippen LogP contribution in [0.25, 0.3) is 0 Å². The van der Waals surface area contributed by atoms with Crippen molar-refractivity contribution in [2.24, 2.45) is 0 Å². The lowest BCUT2D eigenvalue weighted by Gasteiger charge is -2.11. The van der Waals surface area contributed by atoms with Crippen molar-refractivity contribution in [3.63, 3.8) is 0 Å². The monoisotopic (exact) mass is 301 g/mol. The summed E-state index contributed by atoms with van der Waals surface area (Å²) in [5.74, 6) is -1.10. The predicted octanol–water partition coefficient (Wildman–Crippen LogP) is 1.91. The van der Waals surface area contributed by atoms with Crippen molar-refractivity contribution in [1.29, 1.82) is 0 Å². The number of hydrogen-bond donors (Lipinski definition) is 2. The first-order valence-electron chi connectivity index (χ1n) is 7.13. The number of carbonyl (C=O) groups excluding carboxylic acids is 1. The number of carboxylic acid groups (broad SMARTS) is 1. The number of benzene rings is 1. The lowest BCUT2D eigenvalue weighted by Crippen LogP contribution is -2.32. The van der Waals surface area contributed by atoms with Crippen LogP contribution in [0.2, 0.25) is 0 Å². The molecule has 22 heavy (non-hydrogen) atoms. The maximum Gasteiger partial charge on any atom is 0.303 e. The standard InChI is InChI=1S/C16H19N3O3/c1-12(7-8-15(20)21)18-16(22)14-9-17-19(11-14)10-13-5-3-2-4-6-13/h2-6,9,11-12H,7-8,10H2,1H3,(H,18,22)(H,20,21)/t12-/m0/s1. The molecule has 6 heteroatoms. The van der Waals surface area contributed by atoms with Gasteiger partial charge >= 0.3 is 5.97 Å². The number of aromatic nitrogens is 2. The van der Waals surface area contributed by atoms with Crippen LogP contribution in [0.3, 0.4) is 0 Å². The molecular formula is C16H19N3O3. The molecule has 2 N–H and O–H groups in total. The molecule has 1 heterocycles. The Kier molecular flexibility index (Phi) is 5.30. The van der Waals surface area contributed by atoms with E-state index >= 15 is 0 Å². The second-order valence-electron chi connectivity index (χ2n) is 5.22. The van der Waals surface area contributed by atoms with Crippen molar-refractivity contribution in [3.05, 3.63) is 53.9 Å². The van der Waals surface area contributed by atoms with Gasteiger partial charge in [0.15, 0.2) is 0 Å². The highest BCUT2D eigenvalue weighted by atomic mass is 16.4. The van der Waals surface area contributed by atoms with Crippen molar-refractivity contribution in [1.82, 2.24) is 15.1 Å². The van der Waals surface area contributed by atoms with Crippen LogP contribution in [-0.4, -0.2) is 32.8 Å². The third-order valence-electron chi connectivity index (χ3n) is 3.25. The topological polar surface area (TPSA) is 84.2 Å². The number of rotatable bonds is 7. The molecule has 1 aromatic heterocycles. The van der Waals surface area contributed by atoms with Crippen LogP contribution in [0.15, 0.2) is 42.7 Å². The molecule has 0 aliphatic carbocycles. The first-order chi connectivity index (χ1) is 10.5. The van der Waals surface area contributed by atoms with Crippen LogP contribution in [0.4, 0.5) is 0 Å². The Bertz CT molecular complexity index is 637. The summed E-state index contributed by atoms with van der Waals surface area (Å²) in [6.07, 6.45) is 3.64. The summed E-state index contributed by atoms with van der Waals surface area (Å²) in [6.45, 7) is 2.39. The largest absolute Gasteiger partial charge is 0.481 e. The van der Waals surface area contributed by atoms with E-state index in [0.29, 0.717) is 18.5 Å². The van der Waals surface area contributed by atoms with Crippen molar-refractivity contribution < 1.29 is 14.7 Å². The highest BCUT2D eigenvalue weighted by molar-refractivity contribution is 5.93. The molecule has 2 rings (SSSR count). The van der Waals surface area contributed by atoms with E-state index in [1.54, 1.807) is 17.8 Å². The molecule has 0 bridgehead atoms. The number of amides is 1. The third-order valence-corrected chi connectivity index (χ3v) is 3.25. The Balaban J connectivity index is 1.90. The third kappa shape index (κ3) is 4.73. The molecule has 0 fully saturated rings. The summed E-state index contributed by atoms with van der Waals surface area (Å²) in [6, 6.07) is 9.66. The quantitative estimate of drug-likeness (QED) is 0.818. The first-order valence-corrected chi connectivity index (χ1v) is 7.13. The van der Waals surface area contributed by atoms with E-state index in [4.69, 9.17) is 5.11 Å². The van der Waals surface area contributed by atoms with Crippen molar-refractivity contribution >= 4 is 11.9 Å². The molecule has 2 aromatic rings. The fraction of sp³-hybridized carbons (Fsp3) is 0.312. The minimum atomic E-state index is -0.864. The molecule has 1 amide bonds. The Hall–Kier alpha value is -2.63. The molecule has 116 valence electrons. The van der Waals surface area contributed by atoms with Crippen LogP contribution in [0.5, 0.6) is 0 Å². The fourth-order valence-electron chi connectivity index (χ4n) is 2.06. The van der Waals surface area contributed by atoms with Crippen molar-refractivity contribution in [2.45, 2.75) is 32.4 Å². The second-order valence-corrected chi connectivity index (χ2v) is 5.22. The maximum absolute atomic E-state index is 12.1. The van der Waals surface area contributed by atoms with Gasteiger partial charge in [-0.15, -0.1) is 0 Å². The molecule has 1 atom stereocenters. The van der Waals surface area contributed by atoms with Crippen LogP contribution in [0.1, 0.15) is 35.7 Å². The molecule has 0 aliphatic heterocycles. The van der Waals surface area contributed by atoms with Crippen LogP contribution in [0, 0.1) is 0 Å². The predicted molar refractivity (Wildman–Crippen MR) is 81.6 cm³/mol. The first kappa shape index (κ1) is 15.8. The minimum absolute atomic E-state index is 0.0364. The van der Waals surface area contributed by atoms with Gasteiger partial charge in [0, 0.05) is 18.7 Å². The fourth-order valence-corrected chi connectivity index (χ4v) is 2.06. The van der Waals surface area contributed by atoms with E-state index in [9.17, 15) is 9.59 Å². The van der Waals surface area contributed by atoms with Gasteiger partial charge in [-0.3, -0.25) is 14.3 Å². The zero-order valence-corrected chi connectivity index (χ0v) is 12.4. The summed E-state index contributed by atoms with van der Waals surface area (Å²) in [5, 5.41) is 15.6.